The van der Waals surface area contributed by atoms with Crippen LogP contribution in [0.2, 0.25) is 0 Å². The minimum absolute atomic E-state index is 0. The molecule has 24 heavy (non-hydrogen) atoms. The summed E-state index contributed by atoms with van der Waals surface area (Å²) >= 11 is 0. The zero-order chi connectivity index (χ0) is 16.8. The maximum atomic E-state index is 12.2. The second-order valence-corrected chi connectivity index (χ2v) is 4.48. The molecule has 0 N–H and O–H groups in total. The maximum absolute atomic E-state index is 12.2. The number of rotatable bonds is 6. The van der Waals surface area contributed by atoms with Crippen LogP contribution in [0.3, 0.4) is 0 Å². The molecule has 0 aromatic heterocycles. The van der Waals surface area contributed by atoms with Gasteiger partial charge in [-0.2, -0.15) is 0 Å². The SMILES string of the molecule is COc1ccc(OC(=O)c2ccc(OC)c(OC)c2)cc1OC.[Pt]. The molecule has 0 unspecified atom stereocenters. The Morgan fingerprint density at radius 1 is 0.708 bits per heavy atom. The van der Waals surface area contributed by atoms with E-state index in [1.165, 1.54) is 28.4 Å². The summed E-state index contributed by atoms with van der Waals surface area (Å²) < 4.78 is 26.0. The molecule has 0 heterocycles. The Labute approximate surface area is 154 Å². The van der Waals surface area contributed by atoms with Crippen molar-refractivity contribution < 1.29 is 49.5 Å². The third-order valence-electron chi connectivity index (χ3n) is 3.18. The normalized spacial score (nSPS) is 9.50. The van der Waals surface area contributed by atoms with Crippen molar-refractivity contribution in [1.29, 1.82) is 0 Å². The molecular formula is C17H18O6Pt. The van der Waals surface area contributed by atoms with Crippen molar-refractivity contribution in [3.05, 3.63) is 42.0 Å². The Bertz CT molecular complexity index is 701. The van der Waals surface area contributed by atoms with Crippen LogP contribution in [0, 0.1) is 0 Å². The van der Waals surface area contributed by atoms with Crippen LogP contribution in [0.4, 0.5) is 0 Å². The monoisotopic (exact) mass is 513 g/mol. The Hall–Kier alpha value is -2.20. The number of hydrogen-bond donors (Lipinski definition) is 0. The number of hydrogen-bond acceptors (Lipinski definition) is 6. The van der Waals surface area contributed by atoms with Gasteiger partial charge in [-0.1, -0.05) is 0 Å². The molecule has 0 spiro atoms. The summed E-state index contributed by atoms with van der Waals surface area (Å²) in [5.41, 5.74) is 0.345. The van der Waals surface area contributed by atoms with E-state index in [0.717, 1.165) is 0 Å². The average molecular weight is 513 g/mol. The van der Waals surface area contributed by atoms with E-state index in [0.29, 0.717) is 34.3 Å². The third-order valence-corrected chi connectivity index (χ3v) is 3.18. The zero-order valence-electron chi connectivity index (χ0n) is 13.7. The number of benzene rings is 2. The van der Waals surface area contributed by atoms with Gasteiger partial charge in [0.1, 0.15) is 5.75 Å². The van der Waals surface area contributed by atoms with Gasteiger partial charge in [-0.3, -0.25) is 0 Å². The first-order chi connectivity index (χ1) is 11.1. The molecule has 0 saturated carbocycles. The van der Waals surface area contributed by atoms with Gasteiger partial charge in [0.2, 0.25) is 0 Å². The van der Waals surface area contributed by atoms with Gasteiger partial charge < -0.3 is 23.7 Å². The third kappa shape index (κ3) is 4.42. The van der Waals surface area contributed by atoms with Crippen LogP contribution in [0.15, 0.2) is 36.4 Å². The van der Waals surface area contributed by atoms with E-state index in [4.69, 9.17) is 23.7 Å². The van der Waals surface area contributed by atoms with Gasteiger partial charge in [0, 0.05) is 27.1 Å². The largest absolute Gasteiger partial charge is 0.493 e. The van der Waals surface area contributed by atoms with Crippen molar-refractivity contribution in [2.75, 3.05) is 28.4 Å². The molecule has 2 aromatic rings. The molecule has 2 aromatic carbocycles. The van der Waals surface area contributed by atoms with E-state index in [1.54, 1.807) is 36.4 Å². The molecule has 132 valence electrons. The Morgan fingerprint density at radius 2 is 1.21 bits per heavy atom. The molecule has 0 aliphatic rings. The standard InChI is InChI=1S/C17H18O6.Pt/c1-19-13-7-5-11(9-15(13)21-3)17(18)23-12-6-8-14(20-2)16(10-12)22-4;/h5-10H,1-4H3;. The topological polar surface area (TPSA) is 63.2 Å². The van der Waals surface area contributed by atoms with Gasteiger partial charge in [0.05, 0.1) is 34.0 Å². The molecule has 0 aliphatic heterocycles. The van der Waals surface area contributed by atoms with Crippen molar-refractivity contribution in [1.82, 2.24) is 0 Å². The van der Waals surface area contributed by atoms with Crippen LogP contribution in [-0.4, -0.2) is 34.4 Å². The molecule has 7 heteroatoms. The van der Waals surface area contributed by atoms with Crippen molar-refractivity contribution in [3.63, 3.8) is 0 Å². The van der Waals surface area contributed by atoms with Gasteiger partial charge in [-0.15, -0.1) is 0 Å². The first-order valence-electron chi connectivity index (χ1n) is 6.79. The predicted molar refractivity (Wildman–Crippen MR) is 84.1 cm³/mol. The van der Waals surface area contributed by atoms with E-state index < -0.39 is 5.97 Å². The minimum atomic E-state index is -0.516. The van der Waals surface area contributed by atoms with Gasteiger partial charge in [0.15, 0.2) is 23.0 Å². The Kier molecular flexibility index (Phi) is 7.59. The van der Waals surface area contributed by atoms with E-state index in [1.807, 2.05) is 0 Å². The fourth-order valence-electron chi connectivity index (χ4n) is 2.01. The van der Waals surface area contributed by atoms with Crippen LogP contribution in [0.5, 0.6) is 28.7 Å². The average Bonchev–Trinajstić information content (AvgIpc) is 2.60. The molecule has 0 radical (unpaired) electrons. The van der Waals surface area contributed by atoms with Crippen LogP contribution in [0.25, 0.3) is 0 Å². The Morgan fingerprint density at radius 3 is 1.75 bits per heavy atom. The first-order valence-corrected chi connectivity index (χ1v) is 6.79. The number of carbonyl (C=O) groups is 1. The zero-order valence-corrected chi connectivity index (χ0v) is 16.0. The van der Waals surface area contributed by atoms with Crippen LogP contribution < -0.4 is 23.7 Å². The predicted octanol–water partition coefficient (Wildman–Crippen LogP) is 2.94. The molecule has 2 rings (SSSR count). The van der Waals surface area contributed by atoms with Crippen LogP contribution in [0.1, 0.15) is 10.4 Å². The molecule has 0 bridgehead atoms. The van der Waals surface area contributed by atoms with Crippen LogP contribution in [-0.2, 0) is 21.1 Å². The molecule has 0 fully saturated rings. The van der Waals surface area contributed by atoms with E-state index in [-0.39, 0.29) is 21.1 Å². The van der Waals surface area contributed by atoms with Crippen molar-refractivity contribution in [2.24, 2.45) is 0 Å². The van der Waals surface area contributed by atoms with Gasteiger partial charge in [-0.25, -0.2) is 4.79 Å². The smallest absolute Gasteiger partial charge is 0.343 e. The molecule has 0 amide bonds. The quantitative estimate of drug-likeness (QED) is 0.438. The fourth-order valence-corrected chi connectivity index (χ4v) is 2.01. The van der Waals surface area contributed by atoms with Crippen molar-refractivity contribution in [2.45, 2.75) is 0 Å². The summed E-state index contributed by atoms with van der Waals surface area (Å²) in [5.74, 6) is 1.86. The summed E-state index contributed by atoms with van der Waals surface area (Å²) in [6.07, 6.45) is 0. The summed E-state index contributed by atoms with van der Waals surface area (Å²) in [7, 11) is 6.08. The maximum Gasteiger partial charge on any atom is 0.343 e. The summed E-state index contributed by atoms with van der Waals surface area (Å²) in [6, 6.07) is 9.67. The van der Waals surface area contributed by atoms with E-state index >= 15 is 0 Å². The summed E-state index contributed by atoms with van der Waals surface area (Å²) in [6.45, 7) is 0. The molecule has 6 nitrogen and oxygen atoms in total. The van der Waals surface area contributed by atoms with Gasteiger partial charge in [-0.05, 0) is 30.3 Å². The number of methoxy groups -OCH3 is 4. The number of ether oxygens (including phenoxy) is 5. The van der Waals surface area contributed by atoms with Crippen molar-refractivity contribution >= 4 is 5.97 Å². The van der Waals surface area contributed by atoms with E-state index in [2.05, 4.69) is 0 Å². The summed E-state index contributed by atoms with van der Waals surface area (Å²) in [4.78, 5) is 12.2. The number of carbonyl (C=O) groups excluding carboxylic acids is 1. The Balaban J connectivity index is 0.00000288. The van der Waals surface area contributed by atoms with Gasteiger partial charge >= 0.3 is 5.97 Å². The minimum Gasteiger partial charge on any atom is -0.493 e. The van der Waals surface area contributed by atoms with Crippen LogP contribution >= 0.6 is 0 Å². The molecular weight excluding hydrogens is 495 g/mol. The second-order valence-electron chi connectivity index (χ2n) is 4.48. The second kappa shape index (κ2) is 9.18. The number of esters is 1. The van der Waals surface area contributed by atoms with Crippen molar-refractivity contribution in [3.8, 4) is 28.7 Å². The molecule has 0 saturated heterocycles. The fraction of sp³-hybridized carbons (Fsp3) is 0.235. The van der Waals surface area contributed by atoms with E-state index in [9.17, 15) is 4.79 Å². The first kappa shape index (κ1) is 19.8. The summed E-state index contributed by atoms with van der Waals surface area (Å²) in [5, 5.41) is 0. The van der Waals surface area contributed by atoms with Gasteiger partial charge in [0.25, 0.3) is 0 Å². The molecule has 0 atom stereocenters. The molecule has 0 aliphatic carbocycles.